The SMILES string of the molecule is O=C(O)Cc1ccc(Oc2ncc(I)cn2)cc1. The van der Waals surface area contributed by atoms with Crippen molar-refractivity contribution in [2.24, 2.45) is 0 Å². The number of halogens is 1. The van der Waals surface area contributed by atoms with Crippen molar-refractivity contribution in [2.75, 3.05) is 0 Å². The third-order valence-corrected chi connectivity index (χ3v) is 2.64. The molecule has 0 unspecified atom stereocenters. The van der Waals surface area contributed by atoms with Crippen molar-refractivity contribution in [1.29, 1.82) is 0 Å². The molecule has 0 aliphatic carbocycles. The fourth-order valence-corrected chi connectivity index (χ4v) is 1.59. The van der Waals surface area contributed by atoms with Crippen molar-refractivity contribution in [3.8, 4) is 11.8 Å². The van der Waals surface area contributed by atoms with Crippen molar-refractivity contribution in [2.45, 2.75) is 6.42 Å². The molecule has 0 radical (unpaired) electrons. The number of nitrogens with zero attached hydrogens (tertiary/aromatic N) is 2. The van der Waals surface area contributed by atoms with Gasteiger partial charge in [-0.25, -0.2) is 9.97 Å². The Labute approximate surface area is 117 Å². The van der Waals surface area contributed by atoms with Crippen LogP contribution < -0.4 is 4.74 Å². The van der Waals surface area contributed by atoms with Gasteiger partial charge in [-0.2, -0.15) is 0 Å². The largest absolute Gasteiger partial charge is 0.481 e. The van der Waals surface area contributed by atoms with Crippen LogP contribution in [0, 0.1) is 3.57 Å². The number of carboxylic acids is 1. The van der Waals surface area contributed by atoms with Crippen LogP contribution in [0.4, 0.5) is 0 Å². The van der Waals surface area contributed by atoms with Crippen molar-refractivity contribution in [3.05, 3.63) is 45.8 Å². The standard InChI is InChI=1S/C12H9IN2O3/c13-9-6-14-12(15-7-9)18-10-3-1-8(2-4-10)5-11(16)17/h1-4,6-7H,5H2,(H,16,17). The molecule has 0 spiro atoms. The van der Waals surface area contributed by atoms with E-state index >= 15 is 0 Å². The smallest absolute Gasteiger partial charge is 0.321 e. The Balaban J connectivity index is 2.06. The molecule has 2 aromatic rings. The predicted molar refractivity (Wildman–Crippen MR) is 72.6 cm³/mol. The number of hydrogen-bond acceptors (Lipinski definition) is 4. The second-order valence-electron chi connectivity index (χ2n) is 3.50. The summed E-state index contributed by atoms with van der Waals surface area (Å²) in [5.41, 5.74) is 0.721. The van der Waals surface area contributed by atoms with E-state index in [4.69, 9.17) is 9.84 Å². The first-order valence-corrected chi connectivity index (χ1v) is 6.17. The van der Waals surface area contributed by atoms with Crippen molar-refractivity contribution < 1.29 is 14.6 Å². The first kappa shape index (κ1) is 12.7. The van der Waals surface area contributed by atoms with Crippen LogP contribution in [0.1, 0.15) is 5.56 Å². The molecule has 0 aliphatic rings. The summed E-state index contributed by atoms with van der Waals surface area (Å²) in [6.07, 6.45) is 3.31. The second-order valence-corrected chi connectivity index (χ2v) is 4.75. The summed E-state index contributed by atoms with van der Waals surface area (Å²) < 4.78 is 6.35. The highest BCUT2D eigenvalue weighted by molar-refractivity contribution is 14.1. The van der Waals surface area contributed by atoms with E-state index in [0.29, 0.717) is 5.75 Å². The predicted octanol–water partition coefficient (Wildman–Crippen LogP) is 2.50. The quantitative estimate of drug-likeness (QED) is 0.853. The average Bonchev–Trinajstić information content (AvgIpc) is 2.34. The van der Waals surface area contributed by atoms with Crippen LogP contribution in [-0.2, 0) is 11.2 Å². The molecular formula is C12H9IN2O3. The van der Waals surface area contributed by atoms with Crippen LogP contribution in [0.2, 0.25) is 0 Å². The molecule has 2 rings (SSSR count). The van der Waals surface area contributed by atoms with E-state index in [1.807, 2.05) is 0 Å². The molecule has 1 aromatic heterocycles. The Morgan fingerprint density at radius 3 is 2.39 bits per heavy atom. The highest BCUT2D eigenvalue weighted by Gasteiger charge is 2.03. The van der Waals surface area contributed by atoms with Crippen LogP contribution in [0.15, 0.2) is 36.7 Å². The van der Waals surface area contributed by atoms with Crippen molar-refractivity contribution in [3.63, 3.8) is 0 Å². The lowest BCUT2D eigenvalue weighted by Crippen LogP contribution is -1.99. The number of aliphatic carboxylic acids is 1. The Hall–Kier alpha value is -1.70. The Bertz CT molecular complexity index is 540. The number of carboxylic acid groups (broad SMARTS) is 1. The summed E-state index contributed by atoms with van der Waals surface area (Å²) in [6.45, 7) is 0. The number of carbonyl (C=O) groups is 1. The van der Waals surface area contributed by atoms with Gasteiger partial charge in [0.1, 0.15) is 5.75 Å². The minimum atomic E-state index is -0.857. The van der Waals surface area contributed by atoms with Crippen molar-refractivity contribution in [1.82, 2.24) is 9.97 Å². The van der Waals surface area contributed by atoms with Gasteiger partial charge in [-0.3, -0.25) is 4.79 Å². The van der Waals surface area contributed by atoms with Gasteiger partial charge in [-0.1, -0.05) is 12.1 Å². The molecule has 0 saturated carbocycles. The molecule has 1 N–H and O–H groups in total. The van der Waals surface area contributed by atoms with E-state index in [0.717, 1.165) is 9.13 Å². The zero-order valence-electron chi connectivity index (χ0n) is 9.21. The van der Waals surface area contributed by atoms with Gasteiger partial charge in [0.15, 0.2) is 0 Å². The lowest BCUT2D eigenvalue weighted by Gasteiger charge is -2.04. The highest BCUT2D eigenvalue weighted by atomic mass is 127. The Kier molecular flexibility index (Phi) is 4.08. The summed E-state index contributed by atoms with van der Waals surface area (Å²) in [7, 11) is 0. The molecule has 0 atom stereocenters. The molecule has 92 valence electrons. The van der Waals surface area contributed by atoms with Crippen LogP contribution in [-0.4, -0.2) is 21.0 Å². The van der Waals surface area contributed by atoms with E-state index in [1.54, 1.807) is 36.7 Å². The summed E-state index contributed by atoms with van der Waals surface area (Å²) in [5, 5.41) is 8.65. The molecule has 0 fully saturated rings. The summed E-state index contributed by atoms with van der Waals surface area (Å²) in [4.78, 5) is 18.5. The lowest BCUT2D eigenvalue weighted by atomic mass is 10.1. The fourth-order valence-electron chi connectivity index (χ4n) is 1.31. The van der Waals surface area contributed by atoms with Gasteiger partial charge < -0.3 is 9.84 Å². The van der Waals surface area contributed by atoms with Crippen LogP contribution in [0.3, 0.4) is 0 Å². The maximum absolute atomic E-state index is 10.5. The third kappa shape index (κ3) is 3.66. The zero-order chi connectivity index (χ0) is 13.0. The lowest BCUT2D eigenvalue weighted by molar-refractivity contribution is -0.136. The first-order chi connectivity index (χ1) is 8.63. The van der Waals surface area contributed by atoms with E-state index < -0.39 is 5.97 Å². The second kappa shape index (κ2) is 5.76. The minimum Gasteiger partial charge on any atom is -0.481 e. The van der Waals surface area contributed by atoms with E-state index in [9.17, 15) is 4.79 Å². The van der Waals surface area contributed by atoms with Gasteiger partial charge in [-0.05, 0) is 40.3 Å². The average molecular weight is 356 g/mol. The van der Waals surface area contributed by atoms with Gasteiger partial charge in [0.2, 0.25) is 0 Å². The topological polar surface area (TPSA) is 72.3 Å². The van der Waals surface area contributed by atoms with Gasteiger partial charge in [0.05, 0.1) is 6.42 Å². The Morgan fingerprint density at radius 2 is 1.83 bits per heavy atom. The Morgan fingerprint density at radius 1 is 1.22 bits per heavy atom. The number of rotatable bonds is 4. The number of aromatic nitrogens is 2. The summed E-state index contributed by atoms with van der Waals surface area (Å²) >= 11 is 2.11. The normalized spacial score (nSPS) is 10.1. The van der Waals surface area contributed by atoms with Gasteiger partial charge in [-0.15, -0.1) is 0 Å². The van der Waals surface area contributed by atoms with Crippen molar-refractivity contribution >= 4 is 28.6 Å². The monoisotopic (exact) mass is 356 g/mol. The summed E-state index contributed by atoms with van der Waals surface area (Å²) in [6, 6.07) is 7.06. The third-order valence-electron chi connectivity index (χ3n) is 2.08. The van der Waals surface area contributed by atoms with Crippen LogP contribution >= 0.6 is 22.6 Å². The maximum atomic E-state index is 10.5. The molecule has 1 aromatic carbocycles. The minimum absolute atomic E-state index is 0.000310. The van der Waals surface area contributed by atoms with E-state index in [1.165, 1.54) is 0 Å². The van der Waals surface area contributed by atoms with Crippen LogP contribution in [0.5, 0.6) is 11.8 Å². The number of ether oxygens (including phenoxy) is 1. The molecule has 0 bridgehead atoms. The number of hydrogen-bond donors (Lipinski definition) is 1. The first-order valence-electron chi connectivity index (χ1n) is 5.09. The van der Waals surface area contributed by atoms with Gasteiger partial charge in [0.25, 0.3) is 0 Å². The number of benzene rings is 1. The van der Waals surface area contributed by atoms with E-state index in [2.05, 4.69) is 32.6 Å². The fraction of sp³-hybridized carbons (Fsp3) is 0.0833. The molecule has 6 heteroatoms. The molecular weight excluding hydrogens is 347 g/mol. The zero-order valence-corrected chi connectivity index (χ0v) is 11.4. The molecule has 0 amide bonds. The van der Waals surface area contributed by atoms with Crippen LogP contribution in [0.25, 0.3) is 0 Å². The summed E-state index contributed by atoms with van der Waals surface area (Å²) in [5.74, 6) is -0.282. The molecule has 0 aliphatic heterocycles. The van der Waals surface area contributed by atoms with Gasteiger partial charge in [0, 0.05) is 16.0 Å². The van der Waals surface area contributed by atoms with E-state index in [-0.39, 0.29) is 12.4 Å². The molecule has 18 heavy (non-hydrogen) atoms. The molecule has 5 nitrogen and oxygen atoms in total. The maximum Gasteiger partial charge on any atom is 0.321 e. The highest BCUT2D eigenvalue weighted by Crippen LogP contribution is 2.18. The van der Waals surface area contributed by atoms with Gasteiger partial charge >= 0.3 is 12.0 Å². The molecule has 0 saturated heterocycles. The molecule has 1 heterocycles.